The van der Waals surface area contributed by atoms with Crippen molar-refractivity contribution in [2.24, 2.45) is 0 Å². The fourth-order valence-corrected chi connectivity index (χ4v) is 5.17. The van der Waals surface area contributed by atoms with E-state index in [0.717, 1.165) is 60.8 Å². The first-order chi connectivity index (χ1) is 18.6. The van der Waals surface area contributed by atoms with Crippen LogP contribution in [0.25, 0.3) is 11.0 Å². The Morgan fingerprint density at radius 3 is 2.68 bits per heavy atom. The van der Waals surface area contributed by atoms with Gasteiger partial charge in [-0.1, -0.05) is 35.9 Å². The number of likely N-dealkylation sites (tertiary alicyclic amines) is 1. The number of nitrogens with zero attached hydrogens (tertiary/aromatic N) is 5. The molecule has 1 fully saturated rings. The lowest BCUT2D eigenvalue weighted by Crippen LogP contribution is -2.33. The van der Waals surface area contributed by atoms with E-state index in [9.17, 15) is 4.39 Å². The van der Waals surface area contributed by atoms with Crippen LogP contribution in [0, 0.1) is 5.82 Å². The number of hydrogen-bond acceptors (Lipinski definition) is 6. The molecule has 0 N–H and O–H groups in total. The van der Waals surface area contributed by atoms with Crippen LogP contribution in [0.1, 0.15) is 41.6 Å². The minimum absolute atomic E-state index is 0.104. The van der Waals surface area contributed by atoms with E-state index in [-0.39, 0.29) is 12.4 Å². The summed E-state index contributed by atoms with van der Waals surface area (Å²) in [7, 11) is 0. The number of oxazole rings is 1. The number of hydrogen-bond donors (Lipinski definition) is 0. The molecule has 194 valence electrons. The number of benzene rings is 2. The average molecular weight is 532 g/mol. The van der Waals surface area contributed by atoms with Crippen molar-refractivity contribution < 1.29 is 13.5 Å². The van der Waals surface area contributed by atoms with E-state index in [4.69, 9.17) is 30.7 Å². The zero-order chi connectivity index (χ0) is 25.9. The fourth-order valence-electron chi connectivity index (χ4n) is 5.01. The number of halogens is 2. The molecule has 0 atom stereocenters. The molecule has 0 saturated carbocycles. The molecule has 0 amide bonds. The molecule has 38 heavy (non-hydrogen) atoms. The van der Waals surface area contributed by atoms with Crippen LogP contribution in [-0.2, 0) is 19.7 Å². The van der Waals surface area contributed by atoms with Crippen molar-refractivity contribution in [3.63, 3.8) is 0 Å². The number of pyridine rings is 1. The third kappa shape index (κ3) is 5.42. The maximum atomic E-state index is 14.1. The highest BCUT2D eigenvalue weighted by molar-refractivity contribution is 6.30. The van der Waals surface area contributed by atoms with Crippen LogP contribution in [-0.4, -0.2) is 37.5 Å². The highest BCUT2D eigenvalue weighted by Gasteiger charge is 2.24. The van der Waals surface area contributed by atoms with Gasteiger partial charge in [-0.05, 0) is 56.3 Å². The van der Waals surface area contributed by atoms with Crippen molar-refractivity contribution in [3.05, 3.63) is 107 Å². The van der Waals surface area contributed by atoms with Gasteiger partial charge in [-0.15, -0.1) is 0 Å². The Kier molecular flexibility index (Phi) is 7.07. The van der Waals surface area contributed by atoms with Gasteiger partial charge >= 0.3 is 0 Å². The van der Waals surface area contributed by atoms with Crippen molar-refractivity contribution in [1.82, 2.24) is 24.4 Å². The monoisotopic (exact) mass is 531 g/mol. The molecule has 0 radical (unpaired) electrons. The summed E-state index contributed by atoms with van der Waals surface area (Å²) in [6.45, 7) is 3.35. The molecule has 9 heteroatoms. The Bertz CT molecular complexity index is 1530. The van der Waals surface area contributed by atoms with Crippen LogP contribution in [0.4, 0.5) is 4.39 Å². The van der Waals surface area contributed by atoms with E-state index in [1.165, 1.54) is 12.5 Å². The van der Waals surface area contributed by atoms with Gasteiger partial charge in [0.25, 0.3) is 0 Å². The van der Waals surface area contributed by atoms with E-state index < -0.39 is 0 Å². The molecule has 0 spiro atoms. The van der Waals surface area contributed by atoms with Crippen LogP contribution >= 0.6 is 11.6 Å². The SMILES string of the molecule is Fc1cc(Cl)ccc1COc1cccc(C2CCN(Cc3nc4ccccc4n3Cc3cnco3)CC2)n1. The topological polar surface area (TPSA) is 69.2 Å². The second kappa shape index (κ2) is 10.9. The van der Waals surface area contributed by atoms with Gasteiger partial charge in [0.2, 0.25) is 5.88 Å². The summed E-state index contributed by atoms with van der Waals surface area (Å²) in [5.74, 6) is 2.29. The standard InChI is InChI=1S/C29H27ClFN5O2/c30-22-9-8-21(24(31)14-22)18-37-29-7-3-5-25(34-29)20-10-12-35(13-11-20)17-28-33-26-4-1-2-6-27(26)36(28)16-23-15-32-19-38-23/h1-9,14-15,19-20H,10-13,16-18H2. The van der Waals surface area contributed by atoms with Crippen molar-refractivity contribution in [2.75, 3.05) is 13.1 Å². The summed E-state index contributed by atoms with van der Waals surface area (Å²) >= 11 is 5.84. The minimum Gasteiger partial charge on any atom is -0.473 e. The Hall–Kier alpha value is -3.75. The lowest BCUT2D eigenvalue weighted by Gasteiger charge is -2.31. The van der Waals surface area contributed by atoms with E-state index in [1.807, 2.05) is 36.4 Å². The van der Waals surface area contributed by atoms with Gasteiger partial charge in [0.1, 0.15) is 24.0 Å². The summed E-state index contributed by atoms with van der Waals surface area (Å²) in [6, 6.07) is 18.6. The van der Waals surface area contributed by atoms with Gasteiger partial charge in [0.15, 0.2) is 6.39 Å². The molecule has 6 rings (SSSR count). The van der Waals surface area contributed by atoms with Crippen molar-refractivity contribution >= 4 is 22.6 Å². The van der Waals surface area contributed by atoms with Gasteiger partial charge < -0.3 is 13.7 Å². The summed E-state index contributed by atoms with van der Waals surface area (Å²) in [5.41, 5.74) is 3.53. The lowest BCUT2D eigenvalue weighted by atomic mass is 9.93. The van der Waals surface area contributed by atoms with Gasteiger partial charge in [-0.2, -0.15) is 0 Å². The zero-order valence-corrected chi connectivity index (χ0v) is 21.5. The molecule has 0 unspecified atom stereocenters. The van der Waals surface area contributed by atoms with Crippen LogP contribution in [0.5, 0.6) is 5.88 Å². The van der Waals surface area contributed by atoms with Crippen LogP contribution in [0.3, 0.4) is 0 Å². The predicted molar refractivity (Wildman–Crippen MR) is 143 cm³/mol. The molecule has 1 saturated heterocycles. The first kappa shape index (κ1) is 24.6. The summed E-state index contributed by atoms with van der Waals surface area (Å²) in [5, 5.41) is 0.366. The van der Waals surface area contributed by atoms with Crippen LogP contribution in [0.15, 0.2) is 77.7 Å². The number of ether oxygens (including phenoxy) is 1. The van der Waals surface area contributed by atoms with Gasteiger partial charge in [0.05, 0.1) is 30.3 Å². The quantitative estimate of drug-likeness (QED) is 0.237. The highest BCUT2D eigenvalue weighted by atomic mass is 35.5. The highest BCUT2D eigenvalue weighted by Crippen LogP contribution is 2.29. The van der Waals surface area contributed by atoms with E-state index in [1.54, 1.807) is 18.3 Å². The molecule has 7 nitrogen and oxygen atoms in total. The Balaban J connectivity index is 1.10. The smallest absolute Gasteiger partial charge is 0.213 e. The third-order valence-electron chi connectivity index (χ3n) is 7.04. The first-order valence-corrected chi connectivity index (χ1v) is 13.1. The molecule has 0 aliphatic carbocycles. The normalized spacial score (nSPS) is 14.8. The Morgan fingerprint density at radius 2 is 1.87 bits per heavy atom. The van der Waals surface area contributed by atoms with Gasteiger partial charge in [0, 0.05) is 28.3 Å². The van der Waals surface area contributed by atoms with E-state index in [0.29, 0.717) is 28.9 Å². The van der Waals surface area contributed by atoms with Gasteiger partial charge in [-0.25, -0.2) is 19.3 Å². The number of piperidine rings is 1. The fraction of sp³-hybridized carbons (Fsp3) is 0.276. The predicted octanol–water partition coefficient (Wildman–Crippen LogP) is 6.22. The molecule has 1 aliphatic heterocycles. The van der Waals surface area contributed by atoms with Crippen molar-refractivity contribution in [3.8, 4) is 5.88 Å². The van der Waals surface area contributed by atoms with Crippen LogP contribution in [0.2, 0.25) is 5.02 Å². The number of para-hydroxylation sites is 2. The summed E-state index contributed by atoms with van der Waals surface area (Å²) < 4.78 is 27.6. The largest absolute Gasteiger partial charge is 0.473 e. The Morgan fingerprint density at radius 1 is 1.00 bits per heavy atom. The van der Waals surface area contributed by atoms with E-state index >= 15 is 0 Å². The number of rotatable bonds is 8. The van der Waals surface area contributed by atoms with Gasteiger partial charge in [-0.3, -0.25) is 4.90 Å². The molecule has 1 aliphatic rings. The summed E-state index contributed by atoms with van der Waals surface area (Å²) in [6.07, 6.45) is 5.19. The van der Waals surface area contributed by atoms with E-state index in [2.05, 4.69) is 20.5 Å². The van der Waals surface area contributed by atoms with Crippen molar-refractivity contribution in [2.45, 2.75) is 38.5 Å². The molecule has 0 bridgehead atoms. The molecule has 5 aromatic rings. The molecular formula is C29H27ClFN5O2. The number of aromatic nitrogens is 4. The first-order valence-electron chi connectivity index (χ1n) is 12.7. The number of imidazole rings is 1. The number of fused-ring (bicyclic) bond motifs is 1. The third-order valence-corrected chi connectivity index (χ3v) is 7.27. The second-order valence-corrected chi connectivity index (χ2v) is 9.98. The molecule has 3 aromatic heterocycles. The average Bonchev–Trinajstić information content (AvgIpc) is 3.57. The zero-order valence-electron chi connectivity index (χ0n) is 20.8. The molecule has 2 aromatic carbocycles. The maximum absolute atomic E-state index is 14.1. The molecular weight excluding hydrogens is 505 g/mol. The minimum atomic E-state index is -0.379. The molecule has 4 heterocycles. The lowest BCUT2D eigenvalue weighted by molar-refractivity contribution is 0.196. The maximum Gasteiger partial charge on any atom is 0.213 e. The second-order valence-electron chi connectivity index (χ2n) is 9.55. The Labute approximate surface area is 224 Å². The summed E-state index contributed by atoms with van der Waals surface area (Å²) in [4.78, 5) is 16.2. The van der Waals surface area contributed by atoms with Crippen molar-refractivity contribution in [1.29, 1.82) is 0 Å². The van der Waals surface area contributed by atoms with Crippen LogP contribution < -0.4 is 4.74 Å².